The lowest BCUT2D eigenvalue weighted by atomic mass is 10.1. The zero-order valence-corrected chi connectivity index (χ0v) is 7.82. The Morgan fingerprint density at radius 3 is 1.38 bits per heavy atom. The van der Waals surface area contributed by atoms with Crippen LogP contribution in [0.5, 0.6) is 0 Å². The van der Waals surface area contributed by atoms with Crippen molar-refractivity contribution < 1.29 is 0 Å². The largest absolute Gasteiger partial charge is 0.344 e. The van der Waals surface area contributed by atoms with Crippen molar-refractivity contribution in [3.05, 3.63) is 0 Å². The third-order valence-electron chi connectivity index (χ3n) is 1.39. The first-order valence-corrected chi connectivity index (χ1v) is 2.81. The van der Waals surface area contributed by atoms with Gasteiger partial charge in [-0.3, -0.25) is 0 Å². The van der Waals surface area contributed by atoms with Crippen molar-refractivity contribution in [1.82, 2.24) is 6.15 Å². The minimum atomic E-state index is 0. The molecule has 0 saturated heterocycles. The van der Waals surface area contributed by atoms with E-state index in [1.54, 1.807) is 0 Å². The molecule has 0 radical (unpaired) electrons. The van der Waals surface area contributed by atoms with Crippen LogP contribution in [0.1, 0.15) is 33.6 Å². The fourth-order valence-electron chi connectivity index (χ4n) is 0.289. The summed E-state index contributed by atoms with van der Waals surface area (Å²) in [5.41, 5.74) is 0. The maximum atomic E-state index is 2.28. The fourth-order valence-corrected chi connectivity index (χ4v) is 0.289. The highest BCUT2D eigenvalue weighted by Gasteiger charge is 1.88. The van der Waals surface area contributed by atoms with Crippen LogP contribution in [0, 0.1) is 5.92 Å². The van der Waals surface area contributed by atoms with E-state index in [0.29, 0.717) is 0 Å². The highest BCUT2D eigenvalue weighted by atomic mass is 79.9. The number of halogens is 1. The van der Waals surface area contributed by atoms with E-state index in [1.807, 2.05) is 0 Å². The van der Waals surface area contributed by atoms with Gasteiger partial charge in [0.15, 0.2) is 0 Å². The van der Waals surface area contributed by atoms with Gasteiger partial charge in [-0.25, -0.2) is 0 Å². The van der Waals surface area contributed by atoms with Gasteiger partial charge in [0.1, 0.15) is 0 Å². The Bertz CT molecular complexity index is 27.7. The summed E-state index contributed by atoms with van der Waals surface area (Å²) in [7, 11) is 0. The van der Waals surface area contributed by atoms with E-state index in [0.717, 1.165) is 5.92 Å². The molecule has 0 amide bonds. The summed E-state index contributed by atoms with van der Waals surface area (Å²) in [5, 5.41) is 0. The van der Waals surface area contributed by atoms with Gasteiger partial charge in [-0.2, -0.15) is 0 Å². The van der Waals surface area contributed by atoms with Crippen molar-refractivity contribution in [3.8, 4) is 0 Å². The average molecular weight is 184 g/mol. The van der Waals surface area contributed by atoms with Gasteiger partial charge in [-0.15, -0.1) is 17.0 Å². The molecule has 0 atom stereocenters. The van der Waals surface area contributed by atoms with E-state index in [-0.39, 0.29) is 23.1 Å². The van der Waals surface area contributed by atoms with Crippen molar-refractivity contribution in [2.45, 2.75) is 33.6 Å². The standard InChI is InChI=1S/C6H14.BrH.H3N/c1-4-6(3)5-2;;/h6H,4-5H2,1-3H3;1H;1H3. The van der Waals surface area contributed by atoms with Gasteiger partial charge in [0.2, 0.25) is 0 Å². The molecule has 3 N–H and O–H groups in total. The Labute approximate surface area is 63.2 Å². The highest BCUT2D eigenvalue weighted by molar-refractivity contribution is 8.93. The van der Waals surface area contributed by atoms with E-state index in [1.165, 1.54) is 12.8 Å². The van der Waals surface area contributed by atoms with Crippen LogP contribution in [0.4, 0.5) is 0 Å². The Morgan fingerprint density at radius 2 is 1.38 bits per heavy atom. The van der Waals surface area contributed by atoms with Crippen molar-refractivity contribution >= 4 is 17.0 Å². The van der Waals surface area contributed by atoms with Gasteiger partial charge in [0.25, 0.3) is 0 Å². The van der Waals surface area contributed by atoms with Crippen LogP contribution in [0.15, 0.2) is 0 Å². The van der Waals surface area contributed by atoms with E-state index in [2.05, 4.69) is 20.8 Å². The molecule has 2 heteroatoms. The van der Waals surface area contributed by atoms with Crippen LogP contribution in [0.2, 0.25) is 0 Å². The van der Waals surface area contributed by atoms with Gasteiger partial charge in [0, 0.05) is 0 Å². The molecule has 0 saturated carbocycles. The molecule has 0 aliphatic carbocycles. The minimum absolute atomic E-state index is 0. The molecule has 0 bridgehead atoms. The summed E-state index contributed by atoms with van der Waals surface area (Å²) >= 11 is 0. The maximum absolute atomic E-state index is 2.28. The first-order chi connectivity index (χ1) is 2.81. The lowest BCUT2D eigenvalue weighted by Gasteiger charge is -1.98. The minimum Gasteiger partial charge on any atom is -0.344 e. The highest BCUT2D eigenvalue weighted by Crippen LogP contribution is 2.02. The SMILES string of the molecule is Br.CCC(C)CC.N. The van der Waals surface area contributed by atoms with Crippen molar-refractivity contribution in [2.24, 2.45) is 5.92 Å². The summed E-state index contributed by atoms with van der Waals surface area (Å²) in [6.07, 6.45) is 2.66. The molecule has 8 heavy (non-hydrogen) atoms. The van der Waals surface area contributed by atoms with Crippen LogP contribution in [0.25, 0.3) is 0 Å². The molecule has 54 valence electrons. The Hall–Kier alpha value is 0.440. The van der Waals surface area contributed by atoms with Crippen molar-refractivity contribution in [3.63, 3.8) is 0 Å². The molecule has 0 spiro atoms. The number of hydrogen-bond donors (Lipinski definition) is 1. The van der Waals surface area contributed by atoms with Crippen LogP contribution in [0.3, 0.4) is 0 Å². The summed E-state index contributed by atoms with van der Waals surface area (Å²) in [5.74, 6) is 0.935. The molecular weight excluding hydrogens is 166 g/mol. The van der Waals surface area contributed by atoms with E-state index in [4.69, 9.17) is 0 Å². The van der Waals surface area contributed by atoms with Gasteiger partial charge < -0.3 is 6.15 Å². The van der Waals surface area contributed by atoms with Crippen LogP contribution in [-0.2, 0) is 0 Å². The second kappa shape index (κ2) is 10.4. The zero-order valence-electron chi connectivity index (χ0n) is 6.11. The summed E-state index contributed by atoms with van der Waals surface area (Å²) < 4.78 is 0. The Balaban J connectivity index is -0.000000125. The molecule has 0 aromatic carbocycles. The first-order valence-electron chi connectivity index (χ1n) is 2.81. The molecule has 0 rings (SSSR count). The van der Waals surface area contributed by atoms with Gasteiger partial charge in [-0.1, -0.05) is 33.6 Å². The zero-order chi connectivity index (χ0) is 4.99. The van der Waals surface area contributed by atoms with Crippen LogP contribution < -0.4 is 6.15 Å². The number of hydrogen-bond acceptors (Lipinski definition) is 1. The molecule has 0 unspecified atom stereocenters. The van der Waals surface area contributed by atoms with Crippen LogP contribution in [-0.4, -0.2) is 0 Å². The van der Waals surface area contributed by atoms with Crippen molar-refractivity contribution in [1.29, 1.82) is 0 Å². The summed E-state index contributed by atoms with van der Waals surface area (Å²) in [4.78, 5) is 0. The lowest BCUT2D eigenvalue weighted by Crippen LogP contribution is -1.85. The average Bonchev–Trinajstić information content (AvgIpc) is 1.65. The molecule has 0 heterocycles. The quantitative estimate of drug-likeness (QED) is 0.702. The molecule has 0 aliphatic rings. The number of rotatable bonds is 2. The van der Waals surface area contributed by atoms with E-state index < -0.39 is 0 Å². The third kappa shape index (κ3) is 9.67. The molecular formula is C6H18BrN. The molecule has 0 aliphatic heterocycles. The monoisotopic (exact) mass is 183 g/mol. The third-order valence-corrected chi connectivity index (χ3v) is 1.39. The topological polar surface area (TPSA) is 35.0 Å². The smallest absolute Gasteiger partial charge is 0.0448 e. The van der Waals surface area contributed by atoms with Gasteiger partial charge >= 0.3 is 0 Å². The molecule has 0 aromatic rings. The normalized spacial score (nSPS) is 7.50. The molecule has 0 aromatic heterocycles. The van der Waals surface area contributed by atoms with Crippen molar-refractivity contribution in [2.75, 3.05) is 0 Å². The van der Waals surface area contributed by atoms with E-state index >= 15 is 0 Å². The fraction of sp³-hybridized carbons (Fsp3) is 1.00. The Kier molecular flexibility index (Phi) is 20.6. The predicted molar refractivity (Wildman–Crippen MR) is 45.1 cm³/mol. The predicted octanol–water partition coefficient (Wildman–Crippen LogP) is 3.18. The Morgan fingerprint density at radius 1 is 1.12 bits per heavy atom. The molecule has 1 nitrogen and oxygen atoms in total. The summed E-state index contributed by atoms with van der Waals surface area (Å²) in [6.45, 7) is 6.74. The maximum Gasteiger partial charge on any atom is -0.0448 e. The van der Waals surface area contributed by atoms with E-state index in [9.17, 15) is 0 Å². The summed E-state index contributed by atoms with van der Waals surface area (Å²) in [6, 6.07) is 0. The van der Waals surface area contributed by atoms with Gasteiger partial charge in [0.05, 0.1) is 0 Å². The second-order valence-electron chi connectivity index (χ2n) is 1.92. The second-order valence-corrected chi connectivity index (χ2v) is 1.92. The molecule has 0 fully saturated rings. The van der Waals surface area contributed by atoms with Gasteiger partial charge in [-0.05, 0) is 5.92 Å². The van der Waals surface area contributed by atoms with Crippen LogP contribution >= 0.6 is 17.0 Å². The lowest BCUT2D eigenvalue weighted by molar-refractivity contribution is 0.544. The first kappa shape index (κ1) is 15.8.